The van der Waals surface area contributed by atoms with Crippen LogP contribution in [0.4, 0.5) is 5.69 Å². The third-order valence-corrected chi connectivity index (χ3v) is 7.05. The van der Waals surface area contributed by atoms with Gasteiger partial charge in [-0.1, -0.05) is 73.2 Å². The Morgan fingerprint density at radius 3 is 2.27 bits per heavy atom. The molecular weight excluding hydrogens is 514 g/mol. The van der Waals surface area contributed by atoms with Gasteiger partial charge in [-0.2, -0.15) is 0 Å². The zero-order valence-electron chi connectivity index (χ0n) is 23.6. The van der Waals surface area contributed by atoms with E-state index >= 15 is 0 Å². The van der Waals surface area contributed by atoms with Crippen molar-refractivity contribution >= 4 is 17.5 Å². The topological polar surface area (TPSA) is 110 Å². The minimum absolute atomic E-state index is 0.0425. The van der Waals surface area contributed by atoms with Crippen molar-refractivity contribution in [3.63, 3.8) is 0 Å². The Morgan fingerprint density at radius 1 is 0.976 bits per heavy atom. The van der Waals surface area contributed by atoms with Crippen molar-refractivity contribution in [3.05, 3.63) is 130 Å². The number of hydrogen-bond donors (Lipinski definition) is 2. The number of nitrogens with zero attached hydrogens (tertiary/aromatic N) is 3. The van der Waals surface area contributed by atoms with E-state index in [1.807, 2.05) is 86.6 Å². The van der Waals surface area contributed by atoms with E-state index in [1.165, 1.54) is 6.20 Å². The van der Waals surface area contributed by atoms with Gasteiger partial charge in [-0.3, -0.25) is 19.0 Å². The quantitative estimate of drug-likeness (QED) is 0.262. The van der Waals surface area contributed by atoms with Crippen molar-refractivity contribution in [2.24, 2.45) is 5.73 Å². The number of carbonyl (C=O) groups excluding carboxylic acids is 2. The molecule has 0 fully saturated rings. The van der Waals surface area contributed by atoms with Crippen LogP contribution in [0.5, 0.6) is 0 Å². The summed E-state index contributed by atoms with van der Waals surface area (Å²) in [7, 11) is 0. The van der Waals surface area contributed by atoms with Crippen LogP contribution in [0.3, 0.4) is 0 Å². The molecule has 3 N–H and O–H groups in total. The van der Waals surface area contributed by atoms with Crippen LogP contribution in [0.1, 0.15) is 63.4 Å². The molecule has 4 rings (SSSR count). The van der Waals surface area contributed by atoms with E-state index in [0.29, 0.717) is 49.6 Å². The second kappa shape index (κ2) is 14.2. The number of rotatable bonds is 12. The average molecular weight is 552 g/mol. The van der Waals surface area contributed by atoms with Crippen molar-refractivity contribution in [3.8, 4) is 0 Å². The smallest absolute Gasteiger partial charge is 0.266 e. The van der Waals surface area contributed by atoms with E-state index in [0.717, 1.165) is 11.1 Å². The van der Waals surface area contributed by atoms with Gasteiger partial charge in [0, 0.05) is 36.5 Å². The minimum atomic E-state index is -0.519. The van der Waals surface area contributed by atoms with Crippen LogP contribution in [0, 0.1) is 6.92 Å². The van der Waals surface area contributed by atoms with Crippen LogP contribution >= 0.6 is 0 Å². The second-order valence-electron chi connectivity index (χ2n) is 10.1. The highest BCUT2D eigenvalue weighted by Crippen LogP contribution is 2.21. The first kappa shape index (κ1) is 29.4. The first-order valence-electron chi connectivity index (χ1n) is 14.0. The maximum Gasteiger partial charge on any atom is 0.266 e. The summed E-state index contributed by atoms with van der Waals surface area (Å²) < 4.78 is 1.57. The number of aromatic nitrogens is 2. The normalized spacial score (nSPS) is 11.6. The molecule has 0 aliphatic rings. The van der Waals surface area contributed by atoms with Crippen LogP contribution < -0.4 is 16.6 Å². The molecular formula is C33H37N5O3. The van der Waals surface area contributed by atoms with Gasteiger partial charge in [-0.05, 0) is 56.1 Å². The predicted octanol–water partition coefficient (Wildman–Crippen LogP) is 4.84. The minimum Gasteiger partial charge on any atom is -0.338 e. The number of benzene rings is 3. The fraction of sp³-hybridized carbons (Fsp3) is 0.273. The Hall–Kier alpha value is -4.56. The van der Waals surface area contributed by atoms with Crippen molar-refractivity contribution in [1.82, 2.24) is 14.5 Å². The number of para-hydroxylation sites is 1. The monoisotopic (exact) mass is 551 g/mol. The Kier molecular flexibility index (Phi) is 10.2. The molecule has 1 heterocycles. The summed E-state index contributed by atoms with van der Waals surface area (Å²) >= 11 is 0. The first-order valence-corrected chi connectivity index (χ1v) is 14.0. The summed E-state index contributed by atoms with van der Waals surface area (Å²) in [5.74, 6) is -0.321. The summed E-state index contributed by atoms with van der Waals surface area (Å²) in [5.41, 5.74) is 8.51. The van der Waals surface area contributed by atoms with E-state index in [2.05, 4.69) is 10.3 Å². The van der Waals surface area contributed by atoms with Gasteiger partial charge in [0.1, 0.15) is 11.4 Å². The second-order valence-corrected chi connectivity index (χ2v) is 10.1. The van der Waals surface area contributed by atoms with Crippen LogP contribution in [-0.2, 0) is 6.54 Å². The number of aryl methyl sites for hydroxylation is 1. The lowest BCUT2D eigenvalue weighted by atomic mass is 10.0. The number of anilines is 1. The highest BCUT2D eigenvalue weighted by Gasteiger charge is 2.26. The molecule has 1 aromatic heterocycles. The largest absolute Gasteiger partial charge is 0.338 e. The van der Waals surface area contributed by atoms with Gasteiger partial charge >= 0.3 is 0 Å². The SMILES string of the molecule is CCC(CN(CCCN)C(=O)c1ccc(C)cc1)c1ncc(C(=O)Nc2ccccc2)c(=O)n1Cc1ccccc1. The molecule has 2 amide bonds. The Labute approximate surface area is 240 Å². The molecule has 0 bridgehead atoms. The zero-order valence-corrected chi connectivity index (χ0v) is 23.6. The predicted molar refractivity (Wildman–Crippen MR) is 162 cm³/mol. The van der Waals surface area contributed by atoms with Gasteiger partial charge in [-0.15, -0.1) is 0 Å². The molecule has 41 heavy (non-hydrogen) atoms. The molecule has 0 spiro atoms. The zero-order chi connectivity index (χ0) is 29.2. The lowest BCUT2D eigenvalue weighted by molar-refractivity contribution is 0.0740. The molecule has 0 aliphatic carbocycles. The van der Waals surface area contributed by atoms with Crippen molar-refractivity contribution in [2.75, 3.05) is 25.0 Å². The molecule has 0 saturated heterocycles. The summed E-state index contributed by atoms with van der Waals surface area (Å²) in [6.45, 7) is 5.54. The Bertz CT molecular complexity index is 1500. The third kappa shape index (κ3) is 7.55. The van der Waals surface area contributed by atoms with Gasteiger partial charge in [0.15, 0.2) is 0 Å². The number of carbonyl (C=O) groups is 2. The van der Waals surface area contributed by atoms with Crippen molar-refractivity contribution in [2.45, 2.75) is 39.2 Å². The van der Waals surface area contributed by atoms with Gasteiger partial charge in [0.2, 0.25) is 0 Å². The maximum atomic E-state index is 13.9. The standard InChI is InChI=1S/C33H37N5O3/c1-3-26(23-37(20-10-19-34)32(40)27-17-15-24(2)16-18-27)30-35-21-29(31(39)36-28-13-8-5-9-14-28)33(41)38(30)22-25-11-6-4-7-12-25/h4-9,11-18,21,26H,3,10,19-20,22-23,34H2,1-2H3,(H,36,39). The highest BCUT2D eigenvalue weighted by molar-refractivity contribution is 6.03. The van der Waals surface area contributed by atoms with Crippen LogP contribution in [0.25, 0.3) is 0 Å². The van der Waals surface area contributed by atoms with Gasteiger partial charge in [-0.25, -0.2) is 4.98 Å². The number of amides is 2. The average Bonchev–Trinajstić information content (AvgIpc) is 2.99. The molecule has 1 atom stereocenters. The lowest BCUT2D eigenvalue weighted by Crippen LogP contribution is -2.39. The van der Waals surface area contributed by atoms with E-state index < -0.39 is 11.5 Å². The molecule has 8 heteroatoms. The van der Waals surface area contributed by atoms with Crippen molar-refractivity contribution in [1.29, 1.82) is 0 Å². The fourth-order valence-corrected chi connectivity index (χ4v) is 4.72. The molecule has 1 unspecified atom stereocenters. The fourth-order valence-electron chi connectivity index (χ4n) is 4.72. The molecule has 0 saturated carbocycles. The summed E-state index contributed by atoms with van der Waals surface area (Å²) in [4.78, 5) is 47.0. The van der Waals surface area contributed by atoms with E-state index in [1.54, 1.807) is 21.6 Å². The first-order chi connectivity index (χ1) is 19.9. The van der Waals surface area contributed by atoms with Crippen LogP contribution in [0.15, 0.2) is 95.9 Å². The molecule has 3 aromatic carbocycles. The summed E-state index contributed by atoms with van der Waals surface area (Å²) in [6.07, 6.45) is 2.64. The van der Waals surface area contributed by atoms with Crippen LogP contribution in [-0.4, -0.2) is 45.9 Å². The Morgan fingerprint density at radius 2 is 1.63 bits per heavy atom. The molecule has 4 aromatic rings. The van der Waals surface area contributed by atoms with E-state index in [9.17, 15) is 14.4 Å². The van der Waals surface area contributed by atoms with E-state index in [4.69, 9.17) is 5.73 Å². The summed E-state index contributed by atoms with van der Waals surface area (Å²) in [5, 5.41) is 2.79. The number of nitrogens with one attached hydrogen (secondary N) is 1. The van der Waals surface area contributed by atoms with Gasteiger partial charge in [0.05, 0.1) is 6.54 Å². The number of nitrogens with two attached hydrogens (primary N) is 1. The van der Waals surface area contributed by atoms with Crippen molar-refractivity contribution < 1.29 is 9.59 Å². The van der Waals surface area contributed by atoms with Gasteiger partial charge < -0.3 is 16.0 Å². The van der Waals surface area contributed by atoms with E-state index in [-0.39, 0.29) is 23.9 Å². The summed E-state index contributed by atoms with van der Waals surface area (Å²) in [6, 6.07) is 26.1. The molecule has 212 valence electrons. The van der Waals surface area contributed by atoms with Gasteiger partial charge in [0.25, 0.3) is 17.4 Å². The number of hydrogen-bond acceptors (Lipinski definition) is 5. The van der Waals surface area contributed by atoms with Crippen LogP contribution in [0.2, 0.25) is 0 Å². The Balaban J connectivity index is 1.71. The third-order valence-electron chi connectivity index (χ3n) is 7.05. The molecule has 0 radical (unpaired) electrons. The lowest BCUT2D eigenvalue weighted by Gasteiger charge is -2.28. The molecule has 8 nitrogen and oxygen atoms in total. The highest BCUT2D eigenvalue weighted by atomic mass is 16.2. The molecule has 0 aliphatic heterocycles. The maximum absolute atomic E-state index is 13.9.